The highest BCUT2D eigenvalue weighted by atomic mass is 32.1. The van der Waals surface area contributed by atoms with Gasteiger partial charge in [-0.3, -0.25) is 9.36 Å². The molecule has 0 unspecified atom stereocenters. The molecule has 0 amide bonds. The smallest absolute Gasteiger partial charge is 0.263 e. The molecular formula is C22H17N2O3S-. The third kappa shape index (κ3) is 3.34. The van der Waals surface area contributed by atoms with Crippen LogP contribution < -0.4 is 10.7 Å². The fourth-order valence-corrected chi connectivity index (χ4v) is 4.11. The molecule has 0 aliphatic carbocycles. The number of rotatable bonds is 5. The summed E-state index contributed by atoms with van der Waals surface area (Å²) in [6.45, 7) is 2.35. The number of hydrogen-bond donors (Lipinski definition) is 0. The van der Waals surface area contributed by atoms with E-state index in [9.17, 15) is 14.7 Å². The standard InChI is InChI=1S/C22H18N2O3S/c1-2-14-6-8-16(9-7-14)18-12-28-20-19(18)21(25)24(13-23-20)11-15-4-3-5-17(10-15)22(26)27/h3-10,12-13H,2,11H2,1H3,(H,26,27)/p-1. The predicted octanol–water partition coefficient (Wildman–Crippen LogP) is 3.10. The quantitative estimate of drug-likeness (QED) is 0.526. The van der Waals surface area contributed by atoms with Crippen LogP contribution in [-0.2, 0) is 13.0 Å². The third-order valence-electron chi connectivity index (χ3n) is 4.75. The summed E-state index contributed by atoms with van der Waals surface area (Å²) < 4.78 is 1.51. The number of aryl methyl sites for hydroxylation is 1. The molecule has 0 N–H and O–H groups in total. The van der Waals surface area contributed by atoms with Gasteiger partial charge in [0.25, 0.3) is 5.56 Å². The average molecular weight is 389 g/mol. The highest BCUT2D eigenvalue weighted by Crippen LogP contribution is 2.30. The zero-order valence-corrected chi connectivity index (χ0v) is 16.0. The van der Waals surface area contributed by atoms with Crippen LogP contribution in [0.15, 0.2) is 65.0 Å². The molecule has 0 fully saturated rings. The van der Waals surface area contributed by atoms with Crippen LogP contribution in [0.25, 0.3) is 21.3 Å². The van der Waals surface area contributed by atoms with E-state index in [1.807, 2.05) is 17.5 Å². The molecule has 0 atom stereocenters. The van der Waals surface area contributed by atoms with Gasteiger partial charge in [0, 0.05) is 10.9 Å². The molecule has 0 aliphatic heterocycles. The molecule has 5 nitrogen and oxygen atoms in total. The number of carbonyl (C=O) groups is 1. The molecule has 0 saturated heterocycles. The Bertz CT molecular complexity index is 1220. The van der Waals surface area contributed by atoms with Crippen molar-refractivity contribution >= 4 is 27.5 Å². The first-order valence-corrected chi connectivity index (χ1v) is 9.81. The summed E-state index contributed by atoms with van der Waals surface area (Å²) in [7, 11) is 0. The van der Waals surface area contributed by atoms with Crippen LogP contribution in [0.2, 0.25) is 0 Å². The largest absolute Gasteiger partial charge is 0.545 e. The van der Waals surface area contributed by atoms with Gasteiger partial charge in [0.1, 0.15) is 4.83 Å². The number of carbonyl (C=O) groups excluding carboxylic acids is 1. The van der Waals surface area contributed by atoms with Crippen LogP contribution in [0.5, 0.6) is 0 Å². The molecule has 2 aromatic heterocycles. The monoisotopic (exact) mass is 389 g/mol. The molecule has 6 heteroatoms. The second-order valence-corrected chi connectivity index (χ2v) is 7.40. The SMILES string of the molecule is CCc1ccc(-c2csc3ncn(Cc4cccc(C(=O)[O-])c4)c(=O)c23)cc1. The van der Waals surface area contributed by atoms with Gasteiger partial charge in [-0.15, -0.1) is 11.3 Å². The zero-order chi connectivity index (χ0) is 19.7. The maximum atomic E-state index is 13.1. The molecule has 0 bridgehead atoms. The van der Waals surface area contributed by atoms with Crippen molar-refractivity contribution in [1.29, 1.82) is 0 Å². The lowest BCUT2D eigenvalue weighted by molar-refractivity contribution is -0.255. The number of benzene rings is 2. The van der Waals surface area contributed by atoms with Gasteiger partial charge in [-0.25, -0.2) is 4.98 Å². The van der Waals surface area contributed by atoms with Gasteiger partial charge in [0.15, 0.2) is 0 Å². The maximum Gasteiger partial charge on any atom is 0.263 e. The summed E-state index contributed by atoms with van der Waals surface area (Å²) in [6.07, 6.45) is 2.47. The lowest BCUT2D eigenvalue weighted by Gasteiger charge is -2.09. The number of nitrogens with zero attached hydrogens (tertiary/aromatic N) is 2. The summed E-state index contributed by atoms with van der Waals surface area (Å²) in [6, 6.07) is 14.6. The number of carboxylic acid groups (broad SMARTS) is 1. The van der Waals surface area contributed by atoms with Crippen LogP contribution in [-0.4, -0.2) is 15.5 Å². The van der Waals surface area contributed by atoms with Gasteiger partial charge in [0.05, 0.1) is 24.2 Å². The molecule has 4 rings (SSSR count). The minimum atomic E-state index is -1.24. The van der Waals surface area contributed by atoms with E-state index in [4.69, 9.17) is 0 Å². The van der Waals surface area contributed by atoms with E-state index in [0.29, 0.717) is 15.8 Å². The van der Waals surface area contributed by atoms with Gasteiger partial charge in [-0.05, 0) is 34.7 Å². The summed E-state index contributed by atoms with van der Waals surface area (Å²) in [5.41, 5.74) is 3.75. The number of fused-ring (bicyclic) bond motifs is 1. The Morgan fingerprint density at radius 3 is 2.64 bits per heavy atom. The van der Waals surface area contributed by atoms with Crippen molar-refractivity contribution in [3.05, 3.63) is 87.3 Å². The Kier molecular flexibility index (Phi) is 4.79. The maximum absolute atomic E-state index is 13.1. The topological polar surface area (TPSA) is 75.0 Å². The summed E-state index contributed by atoms with van der Waals surface area (Å²) in [5.74, 6) is -1.24. The lowest BCUT2D eigenvalue weighted by atomic mass is 10.0. The van der Waals surface area contributed by atoms with Crippen molar-refractivity contribution in [2.24, 2.45) is 0 Å². The average Bonchev–Trinajstić information content (AvgIpc) is 3.15. The third-order valence-corrected chi connectivity index (χ3v) is 5.64. The summed E-state index contributed by atoms with van der Waals surface area (Å²) in [5, 5.41) is 13.6. The van der Waals surface area contributed by atoms with Crippen molar-refractivity contribution in [2.45, 2.75) is 19.9 Å². The highest BCUT2D eigenvalue weighted by Gasteiger charge is 2.13. The van der Waals surface area contributed by atoms with Gasteiger partial charge in [0.2, 0.25) is 0 Å². The van der Waals surface area contributed by atoms with Gasteiger partial charge in [-0.2, -0.15) is 0 Å². The normalized spacial score (nSPS) is 11.0. The first-order chi connectivity index (χ1) is 13.6. The van der Waals surface area contributed by atoms with Gasteiger partial charge < -0.3 is 9.90 Å². The molecule has 140 valence electrons. The number of thiophene rings is 1. The number of hydrogen-bond acceptors (Lipinski definition) is 5. The Balaban J connectivity index is 1.77. The van der Waals surface area contributed by atoms with E-state index in [1.54, 1.807) is 12.1 Å². The van der Waals surface area contributed by atoms with E-state index in [2.05, 4.69) is 24.0 Å². The number of aromatic carboxylic acids is 1. The van der Waals surface area contributed by atoms with Crippen LogP contribution in [0.4, 0.5) is 0 Å². The molecule has 0 saturated carbocycles. The molecule has 0 spiro atoms. The summed E-state index contributed by atoms with van der Waals surface area (Å²) in [4.78, 5) is 29.3. The fraction of sp³-hybridized carbons (Fsp3) is 0.136. The fourth-order valence-electron chi connectivity index (χ4n) is 3.21. The molecule has 0 radical (unpaired) electrons. The van der Waals surface area contributed by atoms with E-state index in [-0.39, 0.29) is 17.7 Å². The van der Waals surface area contributed by atoms with Gasteiger partial charge in [-0.1, -0.05) is 49.4 Å². The molecular weight excluding hydrogens is 372 g/mol. The van der Waals surface area contributed by atoms with E-state index in [1.165, 1.54) is 39.9 Å². The zero-order valence-electron chi connectivity index (χ0n) is 15.2. The van der Waals surface area contributed by atoms with Crippen molar-refractivity contribution in [3.63, 3.8) is 0 Å². The first-order valence-electron chi connectivity index (χ1n) is 8.93. The van der Waals surface area contributed by atoms with Crippen LogP contribution in [0, 0.1) is 0 Å². The lowest BCUT2D eigenvalue weighted by Crippen LogP contribution is -2.23. The number of aromatic nitrogens is 2. The van der Waals surface area contributed by atoms with Crippen LogP contribution in [0.3, 0.4) is 0 Å². The predicted molar refractivity (Wildman–Crippen MR) is 109 cm³/mol. The van der Waals surface area contributed by atoms with Crippen molar-refractivity contribution in [1.82, 2.24) is 9.55 Å². The Morgan fingerprint density at radius 1 is 1.14 bits per heavy atom. The van der Waals surface area contributed by atoms with Crippen LogP contribution in [0.1, 0.15) is 28.4 Å². The molecule has 2 aromatic carbocycles. The second kappa shape index (κ2) is 7.40. The van der Waals surface area contributed by atoms with E-state index < -0.39 is 5.97 Å². The van der Waals surface area contributed by atoms with Gasteiger partial charge >= 0.3 is 0 Å². The molecule has 0 aliphatic rings. The molecule has 2 heterocycles. The minimum Gasteiger partial charge on any atom is -0.545 e. The molecule has 28 heavy (non-hydrogen) atoms. The van der Waals surface area contributed by atoms with E-state index in [0.717, 1.165) is 17.5 Å². The Morgan fingerprint density at radius 2 is 1.93 bits per heavy atom. The summed E-state index contributed by atoms with van der Waals surface area (Å²) >= 11 is 1.44. The Hall–Kier alpha value is -3.25. The first kappa shape index (κ1) is 18.1. The van der Waals surface area contributed by atoms with Crippen molar-refractivity contribution in [2.75, 3.05) is 0 Å². The second-order valence-electron chi connectivity index (χ2n) is 6.55. The van der Waals surface area contributed by atoms with Crippen molar-refractivity contribution in [3.8, 4) is 11.1 Å². The highest BCUT2D eigenvalue weighted by molar-refractivity contribution is 7.17. The van der Waals surface area contributed by atoms with Crippen LogP contribution >= 0.6 is 11.3 Å². The molecule has 4 aromatic rings. The van der Waals surface area contributed by atoms with E-state index >= 15 is 0 Å². The number of carboxylic acids is 1. The van der Waals surface area contributed by atoms with Crippen molar-refractivity contribution < 1.29 is 9.90 Å². The minimum absolute atomic E-state index is 0.0897. The Labute approximate surface area is 165 Å².